The number of benzene rings is 3. The minimum atomic E-state index is -1.08. The number of hydrogen-bond donors (Lipinski definition) is 1. The number of halogens is 1. The van der Waals surface area contributed by atoms with E-state index in [1.165, 1.54) is 11.0 Å². The van der Waals surface area contributed by atoms with E-state index in [0.717, 1.165) is 22.4 Å². The summed E-state index contributed by atoms with van der Waals surface area (Å²) in [6.07, 6.45) is 1.00. The molecule has 0 bridgehead atoms. The van der Waals surface area contributed by atoms with Gasteiger partial charge in [0.05, 0.1) is 12.5 Å². The summed E-state index contributed by atoms with van der Waals surface area (Å²) in [6.45, 7) is 5.49. The normalized spacial score (nSPS) is 16.2. The molecule has 7 heteroatoms. The number of hydrogen-bond acceptors (Lipinski definition) is 4. The first-order chi connectivity index (χ1) is 17.6. The number of para-hydroxylation sites is 1. The van der Waals surface area contributed by atoms with Crippen molar-refractivity contribution in [1.29, 1.82) is 0 Å². The van der Waals surface area contributed by atoms with Crippen molar-refractivity contribution in [2.24, 2.45) is 0 Å². The zero-order valence-corrected chi connectivity index (χ0v) is 21.4. The molecule has 1 heterocycles. The molecule has 1 aliphatic heterocycles. The molecule has 0 radical (unpaired) electrons. The summed E-state index contributed by atoms with van der Waals surface area (Å²) in [5.41, 5.74) is 2.47. The van der Waals surface area contributed by atoms with Crippen molar-refractivity contribution in [2.75, 3.05) is 6.54 Å². The second-order valence-corrected chi connectivity index (χ2v) is 10.0. The van der Waals surface area contributed by atoms with Crippen LogP contribution in [0.5, 0.6) is 11.5 Å². The van der Waals surface area contributed by atoms with Crippen LogP contribution in [0.15, 0.2) is 66.7 Å². The van der Waals surface area contributed by atoms with Crippen LogP contribution in [0.1, 0.15) is 43.0 Å². The van der Waals surface area contributed by atoms with Gasteiger partial charge in [0.1, 0.15) is 29.5 Å². The summed E-state index contributed by atoms with van der Waals surface area (Å²) in [5.74, 6) is -0.285. The van der Waals surface area contributed by atoms with Gasteiger partial charge in [-0.15, -0.1) is 0 Å². The molecule has 1 amide bonds. The highest BCUT2D eigenvalue weighted by Crippen LogP contribution is 2.38. The molecule has 0 aliphatic carbocycles. The van der Waals surface area contributed by atoms with E-state index in [0.29, 0.717) is 24.2 Å². The summed E-state index contributed by atoms with van der Waals surface area (Å²) in [6, 6.07) is 19.6. The smallest absolute Gasteiger partial charge is 0.323 e. The minimum Gasteiger partial charge on any atom is -0.491 e. The number of carboxylic acids is 1. The zero-order valence-electron chi connectivity index (χ0n) is 21.4. The Morgan fingerprint density at radius 3 is 2.49 bits per heavy atom. The highest BCUT2D eigenvalue weighted by Gasteiger charge is 2.36. The van der Waals surface area contributed by atoms with Crippen LogP contribution in [0.3, 0.4) is 0 Å². The van der Waals surface area contributed by atoms with Crippen LogP contribution in [-0.4, -0.2) is 40.1 Å². The Morgan fingerprint density at radius 2 is 1.78 bits per heavy atom. The second-order valence-electron chi connectivity index (χ2n) is 10.0. The van der Waals surface area contributed by atoms with E-state index in [1.807, 2.05) is 69.3 Å². The maximum absolute atomic E-state index is 14.2. The molecular formula is C30H32FNO5. The van der Waals surface area contributed by atoms with Gasteiger partial charge in [-0.2, -0.15) is 0 Å². The van der Waals surface area contributed by atoms with Crippen molar-refractivity contribution in [3.8, 4) is 11.5 Å². The lowest BCUT2D eigenvalue weighted by Crippen LogP contribution is -2.36. The van der Waals surface area contributed by atoms with Crippen molar-refractivity contribution in [1.82, 2.24) is 4.90 Å². The van der Waals surface area contributed by atoms with Crippen LogP contribution in [0.4, 0.5) is 4.39 Å². The van der Waals surface area contributed by atoms with Crippen LogP contribution in [0.25, 0.3) is 0 Å². The molecule has 4 rings (SSSR count). The fourth-order valence-electron chi connectivity index (χ4n) is 4.72. The first-order valence-corrected chi connectivity index (χ1v) is 12.4. The molecule has 0 spiro atoms. The van der Waals surface area contributed by atoms with Gasteiger partial charge in [0.15, 0.2) is 0 Å². The van der Waals surface area contributed by atoms with E-state index in [1.54, 1.807) is 12.1 Å². The zero-order chi connectivity index (χ0) is 26.6. The molecule has 3 aromatic rings. The van der Waals surface area contributed by atoms with E-state index >= 15 is 0 Å². The van der Waals surface area contributed by atoms with Crippen LogP contribution >= 0.6 is 0 Å². The fraction of sp³-hybridized carbons (Fsp3) is 0.333. The first kappa shape index (κ1) is 26.2. The Balaban J connectivity index is 1.48. The van der Waals surface area contributed by atoms with Gasteiger partial charge in [-0.3, -0.25) is 9.59 Å². The molecule has 0 saturated heterocycles. The number of ether oxygens (including phenoxy) is 2. The molecule has 3 aromatic carbocycles. The summed E-state index contributed by atoms with van der Waals surface area (Å²) >= 11 is 0. The van der Waals surface area contributed by atoms with E-state index in [2.05, 4.69) is 0 Å². The molecule has 1 N–H and O–H groups in total. The van der Waals surface area contributed by atoms with E-state index in [-0.39, 0.29) is 30.8 Å². The number of fused-ring (bicyclic) bond motifs is 1. The van der Waals surface area contributed by atoms with Crippen LogP contribution in [0, 0.1) is 5.82 Å². The topological polar surface area (TPSA) is 76.1 Å². The van der Waals surface area contributed by atoms with E-state index in [9.17, 15) is 19.1 Å². The Labute approximate surface area is 216 Å². The third-order valence-electron chi connectivity index (χ3n) is 6.30. The molecule has 0 aromatic heterocycles. The van der Waals surface area contributed by atoms with E-state index in [4.69, 9.17) is 9.47 Å². The molecule has 6 nitrogen and oxygen atoms in total. The summed E-state index contributed by atoms with van der Waals surface area (Å²) in [4.78, 5) is 26.1. The third kappa shape index (κ3) is 6.67. The van der Waals surface area contributed by atoms with Gasteiger partial charge >= 0.3 is 5.97 Å². The number of amides is 1. The highest BCUT2D eigenvalue weighted by molar-refractivity contribution is 5.83. The Kier molecular flexibility index (Phi) is 7.81. The number of aliphatic carboxylic acids is 1. The molecular weight excluding hydrogens is 473 g/mol. The minimum absolute atomic E-state index is 0.0533. The molecule has 1 aliphatic rings. The number of nitrogens with zero attached hydrogens (tertiary/aromatic N) is 1. The SMILES string of the molecule is CC(C)Oc1ccccc1CN(CC(=O)O)C(=O)Cc1ccc2c(c1)C[C@](C)(Cc1ccccc1F)O2. The number of carbonyl (C=O) groups excluding carboxylic acids is 1. The Morgan fingerprint density at radius 1 is 1.08 bits per heavy atom. The monoisotopic (exact) mass is 505 g/mol. The lowest BCUT2D eigenvalue weighted by Gasteiger charge is -2.24. The highest BCUT2D eigenvalue weighted by atomic mass is 19.1. The number of carbonyl (C=O) groups is 2. The van der Waals surface area contributed by atoms with Crippen molar-refractivity contribution >= 4 is 11.9 Å². The molecule has 0 unspecified atom stereocenters. The van der Waals surface area contributed by atoms with Crippen molar-refractivity contribution in [2.45, 2.75) is 58.3 Å². The standard InChI is InChI=1S/C30H32FNO5/c1-20(2)36-26-11-7-5-9-23(26)18-32(19-29(34)35)28(33)15-21-12-13-27-24(14-21)17-30(3,37-27)16-22-8-4-6-10-25(22)31/h4-14,20H,15-19H2,1-3H3,(H,34,35)/t30-/m0/s1. The molecule has 0 saturated carbocycles. The second kappa shape index (κ2) is 11.0. The maximum atomic E-state index is 14.2. The van der Waals surface area contributed by atoms with Gasteiger partial charge in [-0.25, -0.2) is 4.39 Å². The number of rotatable bonds is 10. The van der Waals surface area contributed by atoms with Crippen LogP contribution in [-0.2, 0) is 35.4 Å². The van der Waals surface area contributed by atoms with Crippen LogP contribution < -0.4 is 9.47 Å². The van der Waals surface area contributed by atoms with Gasteiger partial charge in [0, 0.05) is 24.9 Å². The summed E-state index contributed by atoms with van der Waals surface area (Å²) in [5, 5.41) is 9.45. The van der Waals surface area contributed by atoms with Gasteiger partial charge in [0.25, 0.3) is 0 Å². The average molecular weight is 506 g/mol. The largest absolute Gasteiger partial charge is 0.491 e. The van der Waals surface area contributed by atoms with Crippen molar-refractivity contribution < 1.29 is 28.6 Å². The summed E-state index contributed by atoms with van der Waals surface area (Å²) in [7, 11) is 0. The number of carboxylic acid groups (broad SMARTS) is 1. The Hall–Kier alpha value is -3.87. The molecule has 1 atom stereocenters. The lowest BCUT2D eigenvalue weighted by atomic mass is 9.91. The molecule has 37 heavy (non-hydrogen) atoms. The van der Waals surface area contributed by atoms with Gasteiger partial charge in [-0.1, -0.05) is 48.5 Å². The predicted octanol–water partition coefficient (Wildman–Crippen LogP) is 5.21. The maximum Gasteiger partial charge on any atom is 0.323 e. The Bertz CT molecular complexity index is 1290. The lowest BCUT2D eigenvalue weighted by molar-refractivity contribution is -0.144. The van der Waals surface area contributed by atoms with Gasteiger partial charge < -0.3 is 19.5 Å². The summed E-state index contributed by atoms with van der Waals surface area (Å²) < 4.78 is 26.2. The van der Waals surface area contributed by atoms with Gasteiger partial charge in [-0.05, 0) is 55.7 Å². The quantitative estimate of drug-likeness (QED) is 0.410. The third-order valence-corrected chi connectivity index (χ3v) is 6.30. The fourth-order valence-corrected chi connectivity index (χ4v) is 4.72. The predicted molar refractivity (Wildman–Crippen MR) is 138 cm³/mol. The first-order valence-electron chi connectivity index (χ1n) is 12.4. The molecule has 194 valence electrons. The van der Waals surface area contributed by atoms with Crippen LogP contribution in [0.2, 0.25) is 0 Å². The molecule has 0 fully saturated rings. The van der Waals surface area contributed by atoms with Gasteiger partial charge in [0.2, 0.25) is 5.91 Å². The van der Waals surface area contributed by atoms with Crippen molar-refractivity contribution in [3.63, 3.8) is 0 Å². The van der Waals surface area contributed by atoms with E-state index < -0.39 is 18.1 Å². The average Bonchev–Trinajstić information content (AvgIpc) is 3.16. The van der Waals surface area contributed by atoms with Crippen molar-refractivity contribution in [3.05, 3.63) is 94.8 Å².